The lowest BCUT2D eigenvalue weighted by atomic mass is 10.0. The van der Waals surface area contributed by atoms with Gasteiger partial charge in [-0.2, -0.15) is 12.6 Å². The first kappa shape index (κ1) is 26.1. The van der Waals surface area contributed by atoms with Crippen molar-refractivity contribution in [3.63, 3.8) is 0 Å². The fraction of sp³-hybridized carbons (Fsp3) is 0.375. The number of likely N-dealkylation sites (N-methyl/N-ethyl adjacent to an activating group) is 1. The number of carbonyl (C=O) groups excluding carboxylic acids is 3. The van der Waals surface area contributed by atoms with Crippen LogP contribution in [-0.4, -0.2) is 52.4 Å². The third kappa shape index (κ3) is 8.02. The highest BCUT2D eigenvalue weighted by atomic mass is 32.1. The minimum absolute atomic E-state index is 0.000804. The van der Waals surface area contributed by atoms with Crippen molar-refractivity contribution in [2.75, 3.05) is 12.8 Å². The molecule has 0 bridgehead atoms. The Morgan fingerprint density at radius 1 is 1.09 bits per heavy atom. The molecule has 2 unspecified atom stereocenters. The summed E-state index contributed by atoms with van der Waals surface area (Å²) in [5.41, 5.74) is 0.586. The Bertz CT molecular complexity index is 962. The fourth-order valence-electron chi connectivity index (χ4n) is 3.14. The van der Waals surface area contributed by atoms with Crippen molar-refractivity contribution < 1.29 is 24.2 Å². The van der Waals surface area contributed by atoms with Gasteiger partial charge in [0.1, 0.15) is 23.4 Å². The molecule has 3 N–H and O–H groups in total. The van der Waals surface area contributed by atoms with Crippen molar-refractivity contribution >= 4 is 30.5 Å². The normalized spacial score (nSPS) is 12.9. The maximum atomic E-state index is 13.2. The van der Waals surface area contributed by atoms with Crippen LogP contribution in [0.4, 0.5) is 4.79 Å². The Morgan fingerprint density at radius 2 is 1.76 bits per heavy atom. The zero-order valence-corrected chi connectivity index (χ0v) is 20.1. The second-order valence-corrected chi connectivity index (χ2v) is 8.90. The number of aromatic hydroxyl groups is 1. The maximum absolute atomic E-state index is 13.2. The number of carbonyl (C=O) groups is 3. The second-order valence-electron chi connectivity index (χ2n) is 8.53. The molecule has 0 aliphatic carbocycles. The summed E-state index contributed by atoms with van der Waals surface area (Å²) < 4.78 is 5.23. The first-order valence-electron chi connectivity index (χ1n) is 10.5. The molecule has 0 saturated carbocycles. The first-order chi connectivity index (χ1) is 15.5. The Labute approximate surface area is 199 Å². The summed E-state index contributed by atoms with van der Waals surface area (Å²) in [7, 11) is 1.46. The van der Waals surface area contributed by atoms with E-state index in [1.54, 1.807) is 32.9 Å². The van der Waals surface area contributed by atoms with E-state index < -0.39 is 35.6 Å². The molecule has 0 aliphatic rings. The molecule has 2 rings (SSSR count). The molecular formula is C24H31N3O5S. The van der Waals surface area contributed by atoms with Gasteiger partial charge in [-0.1, -0.05) is 42.5 Å². The van der Waals surface area contributed by atoms with Gasteiger partial charge in [-0.3, -0.25) is 9.59 Å². The average molecular weight is 474 g/mol. The van der Waals surface area contributed by atoms with Gasteiger partial charge < -0.3 is 25.4 Å². The molecule has 0 aliphatic heterocycles. The fourth-order valence-corrected chi connectivity index (χ4v) is 3.38. The van der Waals surface area contributed by atoms with Crippen molar-refractivity contribution in [3.05, 3.63) is 65.7 Å². The van der Waals surface area contributed by atoms with Crippen LogP contribution in [0.3, 0.4) is 0 Å². The van der Waals surface area contributed by atoms with Crippen molar-refractivity contribution in [1.29, 1.82) is 0 Å². The molecule has 0 radical (unpaired) electrons. The van der Waals surface area contributed by atoms with Crippen LogP contribution in [0.15, 0.2) is 54.6 Å². The highest BCUT2D eigenvalue weighted by Gasteiger charge is 2.33. The highest BCUT2D eigenvalue weighted by Crippen LogP contribution is 2.24. The van der Waals surface area contributed by atoms with Gasteiger partial charge in [0.15, 0.2) is 0 Å². The molecule has 0 heterocycles. The molecule has 8 nitrogen and oxygen atoms in total. The number of hydrogen-bond donors (Lipinski definition) is 4. The number of ether oxygens (including phenoxy) is 1. The topological polar surface area (TPSA) is 108 Å². The van der Waals surface area contributed by atoms with Crippen LogP contribution >= 0.6 is 12.6 Å². The summed E-state index contributed by atoms with van der Waals surface area (Å²) in [5, 5.41) is 15.3. The average Bonchev–Trinajstić information content (AvgIpc) is 2.75. The number of phenols is 1. The monoisotopic (exact) mass is 473 g/mol. The standard InChI is InChI=1S/C24H31N3O5S/c1-24(2,3)32-23(31)26-19(15-33)22(30)27(4)20(17-11-8-12-18(28)13-17)21(29)25-14-16-9-6-5-7-10-16/h5-13,19-20,28,33H,14-15H2,1-4H3,(H,25,29)(H,26,31). The second kappa shape index (κ2) is 11.6. The molecule has 0 saturated heterocycles. The number of hydrogen-bond acceptors (Lipinski definition) is 6. The van der Waals surface area contributed by atoms with Crippen molar-refractivity contribution in [1.82, 2.24) is 15.5 Å². The van der Waals surface area contributed by atoms with E-state index >= 15 is 0 Å². The Kier molecular flexibility index (Phi) is 9.16. The molecule has 9 heteroatoms. The minimum atomic E-state index is -1.05. The molecule has 33 heavy (non-hydrogen) atoms. The Balaban J connectivity index is 2.24. The SMILES string of the molecule is CN(C(=O)C(CS)NC(=O)OC(C)(C)C)C(C(=O)NCc1ccccc1)c1cccc(O)c1. The van der Waals surface area contributed by atoms with Crippen LogP contribution < -0.4 is 10.6 Å². The summed E-state index contributed by atoms with van der Waals surface area (Å²) in [4.78, 5) is 39.8. The Hall–Kier alpha value is -3.20. The predicted octanol–water partition coefficient (Wildman–Crippen LogP) is 3.03. The molecule has 2 aromatic carbocycles. The van der Waals surface area contributed by atoms with Crippen LogP contribution in [-0.2, 0) is 20.9 Å². The molecule has 0 spiro atoms. The van der Waals surface area contributed by atoms with Crippen molar-refractivity contribution in [2.24, 2.45) is 0 Å². The number of rotatable bonds is 8. The van der Waals surface area contributed by atoms with Gasteiger partial charge in [-0.05, 0) is 44.0 Å². The van der Waals surface area contributed by atoms with E-state index in [2.05, 4.69) is 23.3 Å². The van der Waals surface area contributed by atoms with Crippen LogP contribution in [0.2, 0.25) is 0 Å². The zero-order valence-electron chi connectivity index (χ0n) is 19.2. The van der Waals surface area contributed by atoms with Crippen LogP contribution in [0, 0.1) is 0 Å². The van der Waals surface area contributed by atoms with Crippen molar-refractivity contribution in [3.8, 4) is 5.75 Å². The summed E-state index contributed by atoms with van der Waals surface area (Å²) in [6.45, 7) is 5.41. The molecule has 3 amide bonds. The van der Waals surface area contributed by atoms with E-state index in [1.165, 1.54) is 24.1 Å². The quantitative estimate of drug-likeness (QED) is 0.441. The lowest BCUT2D eigenvalue weighted by molar-refractivity contribution is -0.140. The predicted molar refractivity (Wildman–Crippen MR) is 129 cm³/mol. The number of nitrogens with zero attached hydrogens (tertiary/aromatic N) is 1. The van der Waals surface area contributed by atoms with Gasteiger partial charge in [0.25, 0.3) is 0 Å². The van der Waals surface area contributed by atoms with E-state index in [0.717, 1.165) is 5.56 Å². The van der Waals surface area contributed by atoms with Gasteiger partial charge in [-0.15, -0.1) is 0 Å². The van der Waals surface area contributed by atoms with Gasteiger partial charge in [-0.25, -0.2) is 4.79 Å². The lowest BCUT2D eigenvalue weighted by Crippen LogP contribution is -2.52. The minimum Gasteiger partial charge on any atom is -0.508 e. The highest BCUT2D eigenvalue weighted by molar-refractivity contribution is 7.80. The maximum Gasteiger partial charge on any atom is 0.408 e. The Morgan fingerprint density at radius 3 is 2.33 bits per heavy atom. The first-order valence-corrected chi connectivity index (χ1v) is 11.1. The van der Waals surface area contributed by atoms with Crippen LogP contribution in [0.5, 0.6) is 5.75 Å². The van der Waals surface area contributed by atoms with E-state index in [4.69, 9.17) is 4.74 Å². The molecule has 0 aromatic heterocycles. The van der Waals surface area contributed by atoms with E-state index in [9.17, 15) is 19.5 Å². The van der Waals surface area contributed by atoms with Crippen molar-refractivity contribution in [2.45, 2.75) is 45.0 Å². The third-order valence-electron chi connectivity index (χ3n) is 4.65. The number of phenolic OH excluding ortho intramolecular Hbond substituents is 1. The summed E-state index contributed by atoms with van der Waals surface area (Å²) in [5.74, 6) is -0.998. The zero-order chi connectivity index (χ0) is 24.6. The lowest BCUT2D eigenvalue weighted by Gasteiger charge is -2.31. The number of benzene rings is 2. The van der Waals surface area contributed by atoms with Crippen LogP contribution in [0.25, 0.3) is 0 Å². The summed E-state index contributed by atoms with van der Waals surface area (Å²) in [6, 6.07) is 13.4. The smallest absolute Gasteiger partial charge is 0.408 e. The molecule has 178 valence electrons. The van der Waals surface area contributed by atoms with Gasteiger partial charge in [0.05, 0.1) is 0 Å². The van der Waals surface area contributed by atoms with Gasteiger partial charge in [0.2, 0.25) is 11.8 Å². The molecular weight excluding hydrogens is 442 g/mol. The van der Waals surface area contributed by atoms with E-state index in [0.29, 0.717) is 5.56 Å². The van der Waals surface area contributed by atoms with Gasteiger partial charge in [0, 0.05) is 19.3 Å². The number of amides is 3. The van der Waals surface area contributed by atoms with E-state index in [-0.39, 0.29) is 18.0 Å². The molecule has 2 aromatic rings. The molecule has 2 atom stereocenters. The number of alkyl carbamates (subject to hydrolysis) is 1. The summed E-state index contributed by atoms with van der Waals surface area (Å²) in [6.07, 6.45) is -0.759. The summed E-state index contributed by atoms with van der Waals surface area (Å²) >= 11 is 4.19. The van der Waals surface area contributed by atoms with E-state index in [1.807, 2.05) is 30.3 Å². The van der Waals surface area contributed by atoms with Gasteiger partial charge >= 0.3 is 6.09 Å². The third-order valence-corrected chi connectivity index (χ3v) is 5.02. The largest absolute Gasteiger partial charge is 0.508 e. The number of nitrogens with one attached hydrogen (secondary N) is 2. The van der Waals surface area contributed by atoms with Crippen LogP contribution in [0.1, 0.15) is 37.9 Å². The number of thiol groups is 1. The molecule has 0 fully saturated rings.